The predicted octanol–water partition coefficient (Wildman–Crippen LogP) is 2.62. The summed E-state index contributed by atoms with van der Waals surface area (Å²) in [5, 5.41) is 13.2. The van der Waals surface area contributed by atoms with Crippen LogP contribution in [0.5, 0.6) is 0 Å². The van der Waals surface area contributed by atoms with E-state index in [9.17, 15) is 0 Å². The molecular formula is C13H19N3OS. The van der Waals surface area contributed by atoms with Gasteiger partial charge in [-0.1, -0.05) is 6.92 Å². The molecule has 98 valence electrons. The van der Waals surface area contributed by atoms with Crippen molar-refractivity contribution in [2.75, 3.05) is 24.2 Å². The van der Waals surface area contributed by atoms with Crippen molar-refractivity contribution in [1.82, 2.24) is 4.98 Å². The Morgan fingerprint density at radius 1 is 1.50 bits per heavy atom. The van der Waals surface area contributed by atoms with Gasteiger partial charge < -0.3 is 16.2 Å². The largest absolute Gasteiger partial charge is 0.397 e. The fourth-order valence-electron chi connectivity index (χ4n) is 1.86. The number of rotatable bonds is 5. The quantitative estimate of drug-likeness (QED) is 0.727. The summed E-state index contributed by atoms with van der Waals surface area (Å²) < 4.78 is 1.12. The zero-order valence-corrected chi connectivity index (χ0v) is 11.5. The Bertz CT molecular complexity index is 538. The van der Waals surface area contributed by atoms with E-state index >= 15 is 0 Å². The van der Waals surface area contributed by atoms with E-state index < -0.39 is 0 Å². The molecule has 1 aromatic heterocycles. The van der Waals surface area contributed by atoms with Gasteiger partial charge in [-0.15, -0.1) is 11.3 Å². The first-order valence-corrected chi connectivity index (χ1v) is 6.93. The molecule has 5 heteroatoms. The Kier molecular flexibility index (Phi) is 4.04. The van der Waals surface area contributed by atoms with Gasteiger partial charge in [-0.3, -0.25) is 0 Å². The van der Waals surface area contributed by atoms with Gasteiger partial charge in [-0.25, -0.2) is 4.98 Å². The van der Waals surface area contributed by atoms with Crippen molar-refractivity contribution in [3.8, 4) is 0 Å². The number of benzene rings is 1. The third-order valence-corrected chi connectivity index (χ3v) is 3.86. The summed E-state index contributed by atoms with van der Waals surface area (Å²) >= 11 is 1.66. The van der Waals surface area contributed by atoms with Gasteiger partial charge in [-0.2, -0.15) is 0 Å². The molecule has 0 saturated heterocycles. The fraction of sp³-hybridized carbons (Fsp3) is 0.462. The molecule has 0 aliphatic rings. The lowest BCUT2D eigenvalue weighted by Gasteiger charge is -2.13. The van der Waals surface area contributed by atoms with Gasteiger partial charge in [-0.05, 0) is 31.4 Å². The highest BCUT2D eigenvalue weighted by atomic mass is 32.1. The van der Waals surface area contributed by atoms with Crippen LogP contribution in [-0.4, -0.2) is 23.2 Å². The van der Waals surface area contributed by atoms with Crippen molar-refractivity contribution in [2.24, 2.45) is 5.92 Å². The summed E-state index contributed by atoms with van der Waals surface area (Å²) in [5.41, 5.74) is 8.69. The van der Waals surface area contributed by atoms with Crippen LogP contribution in [0.3, 0.4) is 0 Å². The van der Waals surface area contributed by atoms with Gasteiger partial charge in [0.25, 0.3) is 0 Å². The van der Waals surface area contributed by atoms with Crippen molar-refractivity contribution in [2.45, 2.75) is 20.3 Å². The van der Waals surface area contributed by atoms with Crippen molar-refractivity contribution < 1.29 is 5.11 Å². The SMILES string of the molecule is Cc1nc2cc(NCC(C)CCO)c(N)cc2s1. The number of aliphatic hydroxyl groups excluding tert-OH is 1. The molecule has 1 aromatic carbocycles. The van der Waals surface area contributed by atoms with Gasteiger partial charge >= 0.3 is 0 Å². The van der Waals surface area contributed by atoms with E-state index in [-0.39, 0.29) is 6.61 Å². The number of nitrogens with one attached hydrogen (secondary N) is 1. The first-order valence-electron chi connectivity index (χ1n) is 6.11. The number of nitrogen functional groups attached to an aromatic ring is 1. The summed E-state index contributed by atoms with van der Waals surface area (Å²) in [7, 11) is 0. The maximum absolute atomic E-state index is 8.87. The molecule has 18 heavy (non-hydrogen) atoms. The number of aryl methyl sites for hydroxylation is 1. The highest BCUT2D eigenvalue weighted by Gasteiger charge is 2.07. The number of thiazole rings is 1. The molecule has 0 aliphatic heterocycles. The molecule has 0 amide bonds. The number of nitrogens with zero attached hydrogens (tertiary/aromatic N) is 1. The second kappa shape index (κ2) is 5.54. The Morgan fingerprint density at radius 3 is 3.00 bits per heavy atom. The number of anilines is 2. The van der Waals surface area contributed by atoms with E-state index in [1.165, 1.54) is 0 Å². The second-order valence-electron chi connectivity index (χ2n) is 4.64. The molecule has 0 radical (unpaired) electrons. The molecule has 4 nitrogen and oxygen atoms in total. The van der Waals surface area contributed by atoms with Crippen molar-refractivity contribution in [3.63, 3.8) is 0 Å². The summed E-state index contributed by atoms with van der Waals surface area (Å²) in [6, 6.07) is 3.97. The van der Waals surface area contributed by atoms with Crippen LogP contribution in [-0.2, 0) is 0 Å². The molecule has 0 saturated carbocycles. The van der Waals surface area contributed by atoms with Crippen LogP contribution in [0.2, 0.25) is 0 Å². The third kappa shape index (κ3) is 2.91. The maximum atomic E-state index is 8.87. The van der Waals surface area contributed by atoms with Gasteiger partial charge in [0, 0.05) is 13.2 Å². The summed E-state index contributed by atoms with van der Waals surface area (Å²) in [5.74, 6) is 0.419. The standard InChI is InChI=1S/C13H19N3OS/c1-8(3-4-17)7-15-11-6-12-13(5-10(11)14)18-9(2)16-12/h5-6,8,15,17H,3-4,7,14H2,1-2H3. The topological polar surface area (TPSA) is 71.2 Å². The minimum atomic E-state index is 0.225. The Labute approximate surface area is 111 Å². The van der Waals surface area contributed by atoms with E-state index in [2.05, 4.69) is 17.2 Å². The monoisotopic (exact) mass is 265 g/mol. The Balaban J connectivity index is 2.14. The smallest absolute Gasteiger partial charge is 0.0907 e. The molecule has 2 aromatic rings. The molecule has 0 bridgehead atoms. The van der Waals surface area contributed by atoms with Crippen LogP contribution in [0.15, 0.2) is 12.1 Å². The first kappa shape index (κ1) is 13.1. The number of fused-ring (bicyclic) bond motifs is 1. The number of aromatic nitrogens is 1. The van der Waals surface area contributed by atoms with Crippen molar-refractivity contribution in [1.29, 1.82) is 0 Å². The zero-order valence-electron chi connectivity index (χ0n) is 10.7. The lowest BCUT2D eigenvalue weighted by Crippen LogP contribution is -2.13. The highest BCUT2D eigenvalue weighted by Crippen LogP contribution is 2.29. The Morgan fingerprint density at radius 2 is 2.28 bits per heavy atom. The zero-order chi connectivity index (χ0) is 13.1. The normalized spacial score (nSPS) is 12.8. The van der Waals surface area contributed by atoms with E-state index in [0.717, 1.165) is 39.6 Å². The molecule has 0 spiro atoms. The van der Waals surface area contributed by atoms with Crippen molar-refractivity contribution in [3.05, 3.63) is 17.1 Å². The van der Waals surface area contributed by atoms with Crippen LogP contribution in [0.25, 0.3) is 10.2 Å². The highest BCUT2D eigenvalue weighted by molar-refractivity contribution is 7.18. The number of nitrogens with two attached hydrogens (primary N) is 1. The third-order valence-electron chi connectivity index (χ3n) is 2.93. The molecule has 0 aliphatic carbocycles. The van der Waals surface area contributed by atoms with Crippen molar-refractivity contribution >= 4 is 32.9 Å². The Hall–Kier alpha value is -1.33. The van der Waals surface area contributed by atoms with Crippen LogP contribution in [0.4, 0.5) is 11.4 Å². The van der Waals surface area contributed by atoms with Crippen LogP contribution < -0.4 is 11.1 Å². The molecule has 1 unspecified atom stereocenters. The summed E-state index contributed by atoms with van der Waals surface area (Å²) in [6.07, 6.45) is 0.797. The van der Waals surface area contributed by atoms with Gasteiger partial charge in [0.05, 0.1) is 26.6 Å². The maximum Gasteiger partial charge on any atom is 0.0907 e. The number of hydrogen-bond acceptors (Lipinski definition) is 5. The number of hydrogen-bond donors (Lipinski definition) is 3. The van der Waals surface area contributed by atoms with E-state index in [4.69, 9.17) is 10.8 Å². The van der Waals surface area contributed by atoms with Crippen LogP contribution >= 0.6 is 11.3 Å². The minimum Gasteiger partial charge on any atom is -0.397 e. The minimum absolute atomic E-state index is 0.225. The van der Waals surface area contributed by atoms with Crippen LogP contribution in [0.1, 0.15) is 18.4 Å². The number of aliphatic hydroxyl groups is 1. The van der Waals surface area contributed by atoms with E-state index in [0.29, 0.717) is 5.92 Å². The fourth-order valence-corrected chi connectivity index (χ4v) is 2.72. The average molecular weight is 265 g/mol. The molecular weight excluding hydrogens is 246 g/mol. The predicted molar refractivity (Wildman–Crippen MR) is 78.1 cm³/mol. The molecule has 1 heterocycles. The van der Waals surface area contributed by atoms with Gasteiger partial charge in [0.2, 0.25) is 0 Å². The van der Waals surface area contributed by atoms with Crippen LogP contribution in [0, 0.1) is 12.8 Å². The van der Waals surface area contributed by atoms with Gasteiger partial charge in [0.1, 0.15) is 0 Å². The lowest BCUT2D eigenvalue weighted by molar-refractivity contribution is 0.266. The van der Waals surface area contributed by atoms with Gasteiger partial charge in [0.15, 0.2) is 0 Å². The lowest BCUT2D eigenvalue weighted by atomic mass is 10.1. The molecule has 2 rings (SSSR count). The van der Waals surface area contributed by atoms with E-state index in [1.54, 1.807) is 11.3 Å². The second-order valence-corrected chi connectivity index (χ2v) is 5.87. The average Bonchev–Trinajstić information content (AvgIpc) is 2.65. The van der Waals surface area contributed by atoms with E-state index in [1.807, 2.05) is 19.1 Å². The summed E-state index contributed by atoms with van der Waals surface area (Å²) in [6.45, 7) is 5.13. The molecule has 0 fully saturated rings. The molecule has 4 N–H and O–H groups in total. The first-order chi connectivity index (χ1) is 8.60. The summed E-state index contributed by atoms with van der Waals surface area (Å²) in [4.78, 5) is 4.46. The molecule has 1 atom stereocenters.